The third kappa shape index (κ3) is 6.42. The van der Waals surface area contributed by atoms with Crippen molar-refractivity contribution in [2.45, 2.75) is 38.6 Å². The van der Waals surface area contributed by atoms with Crippen molar-refractivity contribution >= 4 is 11.9 Å². The lowest BCUT2D eigenvalue weighted by molar-refractivity contribution is -0.139. The molecule has 0 radical (unpaired) electrons. The predicted octanol–water partition coefficient (Wildman–Crippen LogP) is 5.54. The van der Waals surface area contributed by atoms with Crippen LogP contribution in [0.25, 0.3) is 22.5 Å². The largest absolute Gasteiger partial charge is 0.497 e. The first kappa shape index (κ1) is 26.5. The third-order valence-electron chi connectivity index (χ3n) is 6.34. The van der Waals surface area contributed by atoms with Crippen LogP contribution in [0.1, 0.15) is 42.3 Å². The van der Waals surface area contributed by atoms with Crippen molar-refractivity contribution in [1.29, 1.82) is 0 Å². The summed E-state index contributed by atoms with van der Waals surface area (Å²) < 4.78 is 5.09. The van der Waals surface area contributed by atoms with Crippen LogP contribution in [-0.4, -0.2) is 40.1 Å². The van der Waals surface area contributed by atoms with E-state index >= 15 is 0 Å². The highest BCUT2D eigenvalue weighted by Gasteiger charge is 2.21. The molecule has 0 aliphatic rings. The van der Waals surface area contributed by atoms with Gasteiger partial charge in [0.2, 0.25) is 0 Å². The fourth-order valence-corrected chi connectivity index (χ4v) is 4.00. The van der Waals surface area contributed by atoms with Gasteiger partial charge in [0.15, 0.2) is 5.82 Å². The monoisotopic (exact) mass is 509 g/mol. The van der Waals surface area contributed by atoms with Crippen molar-refractivity contribution in [3.63, 3.8) is 0 Å². The molecule has 1 amide bonds. The van der Waals surface area contributed by atoms with E-state index < -0.39 is 17.9 Å². The summed E-state index contributed by atoms with van der Waals surface area (Å²) >= 11 is 0. The van der Waals surface area contributed by atoms with E-state index in [-0.39, 0.29) is 11.8 Å². The SMILES string of the molecule is COc1ccc(C(=O)NC(Cc2ccc(-c3ncc(-c4ccc(C(C)(C)C)cc4)cn3)cc2)C(=O)O)cc1. The Labute approximate surface area is 222 Å². The highest BCUT2D eigenvalue weighted by Crippen LogP contribution is 2.26. The van der Waals surface area contributed by atoms with Gasteiger partial charge in [-0.1, -0.05) is 69.3 Å². The number of carbonyl (C=O) groups is 2. The van der Waals surface area contributed by atoms with Crippen LogP contribution < -0.4 is 10.1 Å². The normalized spacial score (nSPS) is 12.0. The van der Waals surface area contributed by atoms with Crippen LogP contribution in [0.5, 0.6) is 5.75 Å². The number of amides is 1. The van der Waals surface area contributed by atoms with E-state index in [0.29, 0.717) is 17.1 Å². The van der Waals surface area contributed by atoms with E-state index in [1.807, 2.05) is 24.3 Å². The molecule has 1 atom stereocenters. The number of carboxylic acid groups (broad SMARTS) is 1. The molecule has 1 aromatic heterocycles. The molecule has 3 aromatic carbocycles. The molecule has 0 aliphatic carbocycles. The summed E-state index contributed by atoms with van der Waals surface area (Å²) in [7, 11) is 1.54. The van der Waals surface area contributed by atoms with Gasteiger partial charge in [0.05, 0.1) is 7.11 Å². The quantitative estimate of drug-likeness (QED) is 0.323. The van der Waals surface area contributed by atoms with Crippen molar-refractivity contribution in [1.82, 2.24) is 15.3 Å². The van der Waals surface area contributed by atoms with Gasteiger partial charge in [-0.05, 0) is 46.4 Å². The molecule has 0 spiro atoms. The van der Waals surface area contributed by atoms with Crippen LogP contribution in [0.15, 0.2) is 85.2 Å². The lowest BCUT2D eigenvalue weighted by atomic mass is 9.86. The van der Waals surface area contributed by atoms with Crippen molar-refractivity contribution in [2.75, 3.05) is 7.11 Å². The number of carbonyl (C=O) groups excluding carboxylic acids is 1. The average molecular weight is 510 g/mol. The second-order valence-corrected chi connectivity index (χ2v) is 10.1. The molecule has 7 heteroatoms. The van der Waals surface area contributed by atoms with E-state index in [1.165, 1.54) is 12.7 Å². The number of ether oxygens (including phenoxy) is 1. The standard InChI is InChI=1S/C31H31N3O4/c1-31(2,3)25-13-9-21(10-14-25)24-18-32-28(33-19-24)22-7-5-20(6-8-22)17-27(30(36)37)34-29(35)23-11-15-26(38-4)16-12-23/h5-16,18-19,27H,17H2,1-4H3,(H,34,35)(H,36,37). The van der Waals surface area contributed by atoms with Gasteiger partial charge in [0.1, 0.15) is 11.8 Å². The van der Waals surface area contributed by atoms with Crippen LogP contribution in [-0.2, 0) is 16.6 Å². The van der Waals surface area contributed by atoms with Gasteiger partial charge >= 0.3 is 5.97 Å². The van der Waals surface area contributed by atoms with Gasteiger partial charge < -0.3 is 15.2 Å². The Balaban J connectivity index is 1.42. The summed E-state index contributed by atoms with van der Waals surface area (Å²) in [4.78, 5) is 33.4. The molecule has 0 bridgehead atoms. The fraction of sp³-hybridized carbons (Fsp3) is 0.226. The van der Waals surface area contributed by atoms with Crippen molar-refractivity contribution < 1.29 is 19.4 Å². The Bertz CT molecular complexity index is 1390. The number of methoxy groups -OCH3 is 1. The molecule has 4 aromatic rings. The van der Waals surface area contributed by atoms with E-state index in [2.05, 4.69) is 60.3 Å². The van der Waals surface area contributed by atoms with Gasteiger partial charge in [0, 0.05) is 35.5 Å². The Morgan fingerprint density at radius 2 is 1.42 bits per heavy atom. The molecular formula is C31H31N3O4. The van der Waals surface area contributed by atoms with Gasteiger partial charge in [-0.3, -0.25) is 4.79 Å². The molecular weight excluding hydrogens is 478 g/mol. The molecule has 194 valence electrons. The number of carboxylic acids is 1. The highest BCUT2D eigenvalue weighted by atomic mass is 16.5. The van der Waals surface area contributed by atoms with E-state index in [9.17, 15) is 14.7 Å². The van der Waals surface area contributed by atoms with Crippen LogP contribution in [0.3, 0.4) is 0 Å². The summed E-state index contributed by atoms with van der Waals surface area (Å²) in [6, 6.07) is 21.2. The number of hydrogen-bond acceptors (Lipinski definition) is 5. The van der Waals surface area contributed by atoms with Gasteiger partial charge in [-0.2, -0.15) is 0 Å². The Kier molecular flexibility index (Phi) is 7.86. The molecule has 7 nitrogen and oxygen atoms in total. The number of nitrogens with one attached hydrogen (secondary N) is 1. The van der Waals surface area contributed by atoms with Crippen molar-refractivity contribution in [3.05, 3.63) is 102 Å². The smallest absolute Gasteiger partial charge is 0.326 e. The zero-order valence-electron chi connectivity index (χ0n) is 21.9. The number of benzene rings is 3. The van der Waals surface area contributed by atoms with Crippen LogP contribution in [0.2, 0.25) is 0 Å². The topological polar surface area (TPSA) is 101 Å². The molecule has 0 saturated carbocycles. The lowest BCUT2D eigenvalue weighted by Gasteiger charge is -2.19. The number of aromatic nitrogens is 2. The van der Waals surface area contributed by atoms with Crippen LogP contribution >= 0.6 is 0 Å². The first-order chi connectivity index (χ1) is 18.1. The Hall–Kier alpha value is -4.52. The minimum atomic E-state index is -1.11. The second-order valence-electron chi connectivity index (χ2n) is 10.1. The summed E-state index contributed by atoms with van der Waals surface area (Å²) in [5, 5.41) is 12.3. The maximum atomic E-state index is 12.5. The zero-order valence-corrected chi connectivity index (χ0v) is 21.9. The van der Waals surface area contributed by atoms with Gasteiger partial charge in [0.25, 0.3) is 5.91 Å². The zero-order chi connectivity index (χ0) is 27.3. The van der Waals surface area contributed by atoms with E-state index in [0.717, 1.165) is 22.3 Å². The molecule has 0 aliphatic heterocycles. The first-order valence-electron chi connectivity index (χ1n) is 12.3. The second kappa shape index (κ2) is 11.3. The maximum Gasteiger partial charge on any atom is 0.326 e. The third-order valence-corrected chi connectivity index (χ3v) is 6.34. The van der Waals surface area contributed by atoms with Crippen molar-refractivity contribution in [2.24, 2.45) is 0 Å². The van der Waals surface area contributed by atoms with E-state index in [1.54, 1.807) is 36.7 Å². The number of hydrogen-bond donors (Lipinski definition) is 2. The van der Waals surface area contributed by atoms with Gasteiger partial charge in [-0.15, -0.1) is 0 Å². The molecule has 38 heavy (non-hydrogen) atoms. The molecule has 1 heterocycles. The Morgan fingerprint density at radius 1 is 0.842 bits per heavy atom. The summed E-state index contributed by atoms with van der Waals surface area (Å²) in [6.45, 7) is 6.56. The summed E-state index contributed by atoms with van der Waals surface area (Å²) in [5.41, 5.74) is 5.29. The minimum Gasteiger partial charge on any atom is -0.497 e. The lowest BCUT2D eigenvalue weighted by Crippen LogP contribution is -2.42. The number of nitrogens with zero attached hydrogens (tertiary/aromatic N) is 2. The summed E-state index contributed by atoms with van der Waals surface area (Å²) in [5.74, 6) is -0.373. The average Bonchev–Trinajstić information content (AvgIpc) is 2.93. The fourth-order valence-electron chi connectivity index (χ4n) is 4.00. The molecule has 0 saturated heterocycles. The summed E-state index contributed by atoms with van der Waals surface area (Å²) in [6.07, 6.45) is 3.75. The minimum absolute atomic E-state index is 0.0949. The molecule has 1 unspecified atom stereocenters. The van der Waals surface area contributed by atoms with Crippen molar-refractivity contribution in [3.8, 4) is 28.3 Å². The Morgan fingerprint density at radius 3 is 1.95 bits per heavy atom. The van der Waals surface area contributed by atoms with Crippen LogP contribution in [0, 0.1) is 0 Å². The molecule has 4 rings (SSSR count). The van der Waals surface area contributed by atoms with Crippen LogP contribution in [0.4, 0.5) is 0 Å². The highest BCUT2D eigenvalue weighted by molar-refractivity contribution is 5.96. The van der Waals surface area contributed by atoms with Gasteiger partial charge in [-0.25, -0.2) is 14.8 Å². The molecule has 0 fully saturated rings. The number of aliphatic carboxylic acids is 1. The maximum absolute atomic E-state index is 12.5. The van der Waals surface area contributed by atoms with E-state index in [4.69, 9.17) is 4.74 Å². The first-order valence-corrected chi connectivity index (χ1v) is 12.3. The molecule has 2 N–H and O–H groups in total. The number of rotatable bonds is 8. The predicted molar refractivity (Wildman–Crippen MR) is 147 cm³/mol.